The number of anilines is 3. The van der Waals surface area contributed by atoms with Crippen LogP contribution in [0.5, 0.6) is 0 Å². The Labute approximate surface area is 411 Å². The first-order valence-electron chi connectivity index (χ1n) is 19.3. The highest BCUT2D eigenvalue weighted by Crippen LogP contribution is 2.33. The molecule has 2 aliphatic heterocycles. The molecule has 2 saturated heterocycles. The van der Waals surface area contributed by atoms with Crippen molar-refractivity contribution in [3.8, 4) is 0 Å². The molecule has 3 atom stereocenters. The third-order valence-corrected chi connectivity index (χ3v) is 9.89. The number of nitrogens with zero attached hydrogens (tertiary/aromatic N) is 3. The number of likely N-dealkylation sites (N-methyl/N-ethyl adjacent to an activating group) is 3. The molecular formula is C42H49F12IN6O5S2. The smallest absolute Gasteiger partial charge is 0.416 e. The van der Waals surface area contributed by atoms with Gasteiger partial charge in [0.25, 0.3) is 0 Å². The number of carbonyl (C=O) groups excluding carboxylic acids is 2. The summed E-state index contributed by atoms with van der Waals surface area (Å²) in [6.07, 6.45) is -19.3. The highest BCUT2D eigenvalue weighted by Gasteiger charge is 2.33. The average Bonchev–Trinajstić information content (AvgIpc) is 3.75. The van der Waals surface area contributed by atoms with Crippen LogP contribution in [0.4, 0.5) is 79.3 Å². The van der Waals surface area contributed by atoms with E-state index in [2.05, 4.69) is 10.6 Å². The number of alkyl halides is 12. The molecule has 0 aliphatic carbocycles. The van der Waals surface area contributed by atoms with Crippen LogP contribution in [0.3, 0.4) is 0 Å². The van der Waals surface area contributed by atoms with Crippen LogP contribution in [0, 0.1) is 3.57 Å². The van der Waals surface area contributed by atoms with E-state index < -0.39 is 53.1 Å². The molecule has 0 saturated carbocycles. The molecule has 5 N–H and O–H groups in total. The molecule has 0 bridgehead atoms. The molecule has 2 heterocycles. The molecule has 4 aromatic rings. The van der Waals surface area contributed by atoms with Crippen molar-refractivity contribution in [3.05, 3.63) is 123 Å². The second-order valence-corrected chi connectivity index (χ2v) is 15.7. The predicted molar refractivity (Wildman–Crippen MR) is 250 cm³/mol. The minimum Gasteiger partial charge on any atom is -0.443 e. The van der Waals surface area contributed by atoms with Crippen LogP contribution < -0.4 is 21.3 Å². The van der Waals surface area contributed by atoms with Gasteiger partial charge in [0.15, 0.2) is 0 Å². The molecule has 0 spiro atoms. The van der Waals surface area contributed by atoms with E-state index in [9.17, 15) is 67.4 Å². The molecular weight excluding hydrogens is 1090 g/mol. The number of aliphatic hydroxyl groups is 1. The molecule has 0 unspecified atom stereocenters. The van der Waals surface area contributed by atoms with E-state index in [1.54, 1.807) is 26.0 Å². The fourth-order valence-electron chi connectivity index (χ4n) is 5.58. The Morgan fingerprint density at radius 3 is 1.29 bits per heavy atom. The highest BCUT2D eigenvalue weighted by molar-refractivity contribution is 14.1. The van der Waals surface area contributed by atoms with Crippen molar-refractivity contribution in [2.24, 2.45) is 5.73 Å². The summed E-state index contributed by atoms with van der Waals surface area (Å²) in [6.45, 7) is 2.05. The molecule has 2 amide bonds. The van der Waals surface area contributed by atoms with Gasteiger partial charge >= 0.3 is 36.9 Å². The first kappa shape index (κ1) is 61.3. The number of ether oxygens (including phenoxy) is 2. The zero-order valence-electron chi connectivity index (χ0n) is 36.1. The van der Waals surface area contributed by atoms with Crippen molar-refractivity contribution in [1.29, 1.82) is 0 Å². The van der Waals surface area contributed by atoms with Crippen molar-refractivity contribution in [2.75, 3.05) is 75.9 Å². The monoisotopic (exact) mass is 1140 g/mol. The first-order chi connectivity index (χ1) is 30.6. The lowest BCUT2D eigenvalue weighted by molar-refractivity contribution is -0.138. The van der Waals surface area contributed by atoms with Crippen molar-refractivity contribution in [2.45, 2.75) is 43.0 Å². The van der Waals surface area contributed by atoms with E-state index >= 15 is 0 Å². The van der Waals surface area contributed by atoms with E-state index in [1.807, 2.05) is 22.6 Å². The van der Waals surface area contributed by atoms with Gasteiger partial charge in [-0.05, 0) is 120 Å². The van der Waals surface area contributed by atoms with Crippen LogP contribution in [-0.4, -0.2) is 106 Å². The van der Waals surface area contributed by atoms with Crippen LogP contribution in [0.1, 0.15) is 22.3 Å². The average molecular weight is 1140 g/mol. The highest BCUT2D eigenvalue weighted by atomic mass is 127. The maximum Gasteiger partial charge on any atom is 0.416 e. The molecule has 0 aromatic heterocycles. The number of halogens is 13. The summed E-state index contributed by atoms with van der Waals surface area (Å²) in [4.78, 5) is 26.2. The summed E-state index contributed by atoms with van der Waals surface area (Å²) < 4.78 is 159. The summed E-state index contributed by atoms with van der Waals surface area (Å²) in [5.41, 5.74) is 3.90. The van der Waals surface area contributed by atoms with Gasteiger partial charge in [-0.15, -0.1) is 0 Å². The number of hydrogen-bond donors (Lipinski definition) is 4. The van der Waals surface area contributed by atoms with E-state index in [0.717, 1.165) is 52.1 Å². The van der Waals surface area contributed by atoms with Gasteiger partial charge in [-0.2, -0.15) is 79.7 Å². The van der Waals surface area contributed by atoms with Gasteiger partial charge in [-0.25, -0.2) is 9.59 Å². The SMILES string of the molecule is CN(C[C@@H](O)CNc1ccc(C(F)(F)F)cc1)c1ccc(C(F)(F)F)cc1.CN1C[C@H](CN)OC1=O.CN1C[C@H](CNc2ccc(C(F)(F)F)cc2)OC1=O.FC(F)(F)c1ccc(I)cc1.S.S. The Morgan fingerprint density at radius 2 is 0.971 bits per heavy atom. The number of rotatable bonds is 10. The van der Waals surface area contributed by atoms with Gasteiger partial charge in [0, 0.05) is 61.4 Å². The van der Waals surface area contributed by atoms with Gasteiger partial charge in [0.1, 0.15) is 12.2 Å². The number of aliphatic hydroxyl groups excluding tert-OH is 1. The summed E-state index contributed by atoms with van der Waals surface area (Å²) in [7, 11) is 4.93. The third-order valence-electron chi connectivity index (χ3n) is 9.17. The first-order valence-corrected chi connectivity index (χ1v) is 20.4. The third kappa shape index (κ3) is 20.9. The summed E-state index contributed by atoms with van der Waals surface area (Å²) in [5, 5.41) is 15.8. The number of nitrogens with two attached hydrogens (primary N) is 1. The fraction of sp³-hybridized carbons (Fsp3) is 0.381. The van der Waals surface area contributed by atoms with Crippen LogP contribution in [0.2, 0.25) is 0 Å². The molecule has 0 radical (unpaired) electrons. The summed E-state index contributed by atoms with van der Waals surface area (Å²) in [6, 6.07) is 18.6. The predicted octanol–water partition coefficient (Wildman–Crippen LogP) is 10.1. The largest absolute Gasteiger partial charge is 0.443 e. The zero-order chi connectivity index (χ0) is 49.6. The minimum absolute atomic E-state index is 0. The Hall–Kier alpha value is -4.67. The molecule has 380 valence electrons. The van der Waals surface area contributed by atoms with E-state index in [-0.39, 0.29) is 64.5 Å². The summed E-state index contributed by atoms with van der Waals surface area (Å²) >= 11 is 1.96. The molecule has 6 rings (SSSR count). The van der Waals surface area contributed by atoms with Crippen LogP contribution >= 0.6 is 49.6 Å². The van der Waals surface area contributed by atoms with Gasteiger partial charge in [-0.3, -0.25) is 0 Å². The van der Waals surface area contributed by atoms with Crippen LogP contribution in [0.25, 0.3) is 0 Å². The number of amides is 2. The Balaban J connectivity index is 0.000000488. The molecule has 11 nitrogen and oxygen atoms in total. The lowest BCUT2D eigenvalue weighted by atomic mass is 10.2. The lowest BCUT2D eigenvalue weighted by Gasteiger charge is -2.23. The number of nitrogens with one attached hydrogen (secondary N) is 2. The lowest BCUT2D eigenvalue weighted by Crippen LogP contribution is -2.33. The second-order valence-electron chi connectivity index (χ2n) is 14.5. The van der Waals surface area contributed by atoms with Crippen molar-refractivity contribution in [1.82, 2.24) is 9.80 Å². The van der Waals surface area contributed by atoms with Crippen LogP contribution in [0.15, 0.2) is 97.1 Å². The Morgan fingerprint density at radius 1 is 0.632 bits per heavy atom. The molecule has 68 heavy (non-hydrogen) atoms. The van der Waals surface area contributed by atoms with E-state index in [4.69, 9.17) is 15.2 Å². The number of hydrogen-bond acceptors (Lipinski definition) is 9. The topological polar surface area (TPSA) is 133 Å². The molecule has 2 fully saturated rings. The number of carbonyl (C=O) groups is 2. The Kier molecular flexibility index (Phi) is 24.3. The number of benzene rings is 4. The van der Waals surface area contributed by atoms with Gasteiger partial charge in [-0.1, -0.05) is 0 Å². The molecule has 4 aromatic carbocycles. The quantitative estimate of drug-likeness (QED) is 0.0905. The zero-order valence-corrected chi connectivity index (χ0v) is 40.3. The van der Waals surface area contributed by atoms with Crippen molar-refractivity contribution < 1.29 is 76.9 Å². The van der Waals surface area contributed by atoms with Gasteiger partial charge < -0.3 is 45.6 Å². The van der Waals surface area contributed by atoms with E-state index in [1.165, 1.54) is 58.3 Å². The maximum absolute atomic E-state index is 12.6. The van der Waals surface area contributed by atoms with E-state index in [0.29, 0.717) is 43.2 Å². The Bertz CT molecular complexity index is 2120. The second kappa shape index (κ2) is 26.9. The van der Waals surface area contributed by atoms with Crippen molar-refractivity contribution in [3.63, 3.8) is 0 Å². The van der Waals surface area contributed by atoms with Crippen molar-refractivity contribution >= 4 is 78.8 Å². The molecule has 26 heteroatoms. The van der Waals surface area contributed by atoms with Crippen LogP contribution in [-0.2, 0) is 34.2 Å². The van der Waals surface area contributed by atoms with Gasteiger partial charge in [0.05, 0.1) is 48.0 Å². The standard InChI is InChI=1S/C18H18F6N2O.C12H13F3N2O2.C7H4F3I.C5H10N2O2.2H2S/c1-26(15-8-4-13(5-9-15)18(22,23)24)11-16(27)10-25-14-6-2-12(3-7-14)17(19,20)21;1-17-7-10(19-11(17)18)6-16-9-4-2-8(3-5-9)12(13,14)15;8-7(9,10)5-1-3-6(11)4-2-5;1-7-3-4(2-6)9-5(7)8;;/h2-9,16,25,27H,10-11H2,1H3;2-5,10,16H,6-7H2,1H3;1-4H;4H,2-3,6H2,1H3;2*1H2/t16-;10-;;4-;;/m00.0../s1. The maximum atomic E-state index is 12.6. The van der Waals surface area contributed by atoms with Gasteiger partial charge in [0.2, 0.25) is 0 Å². The number of cyclic esters (lactones) is 2. The molecule has 2 aliphatic rings. The minimum atomic E-state index is -4.41. The summed E-state index contributed by atoms with van der Waals surface area (Å²) in [5.74, 6) is 0. The normalized spacial score (nSPS) is 16.1. The fourth-order valence-corrected chi connectivity index (χ4v) is 5.94.